The molecule has 27 heavy (non-hydrogen) atoms. The van der Waals surface area contributed by atoms with Crippen LogP contribution in [0.4, 0.5) is 0 Å². The summed E-state index contributed by atoms with van der Waals surface area (Å²) in [7, 11) is 0. The maximum Gasteiger partial charge on any atom is 0.276 e. The summed E-state index contributed by atoms with van der Waals surface area (Å²) < 4.78 is 1.43. The van der Waals surface area contributed by atoms with E-state index in [1.807, 2.05) is 6.07 Å². The van der Waals surface area contributed by atoms with Crippen molar-refractivity contribution in [1.82, 2.24) is 9.99 Å². The number of halogens is 1. The lowest BCUT2D eigenvalue weighted by Gasteiger charge is -2.08. The number of nitrogens with zero attached hydrogens (tertiary/aromatic N) is 2. The lowest BCUT2D eigenvalue weighted by molar-refractivity contribution is 0.0953. The van der Waals surface area contributed by atoms with Gasteiger partial charge in [-0.05, 0) is 47.5 Å². The van der Waals surface area contributed by atoms with Gasteiger partial charge in [-0.25, -0.2) is 5.43 Å². The molecule has 0 fully saturated rings. The fourth-order valence-electron chi connectivity index (χ4n) is 2.50. The van der Waals surface area contributed by atoms with Crippen LogP contribution < -0.4 is 11.0 Å². The number of carbonyl (C=O) groups is 1. The minimum absolute atomic E-state index is 0.0208. The molecule has 0 aliphatic carbocycles. The Bertz CT molecular complexity index is 1060. The molecule has 7 heteroatoms. The fourth-order valence-corrected chi connectivity index (χ4v) is 2.71. The molecule has 136 valence electrons. The third-order valence-corrected chi connectivity index (χ3v) is 3.99. The number of benzene rings is 2. The largest absolute Gasteiger partial charge is 0.508 e. The first-order valence-electron chi connectivity index (χ1n) is 8.09. The first kappa shape index (κ1) is 18.4. The highest BCUT2D eigenvalue weighted by molar-refractivity contribution is 6.30. The summed E-state index contributed by atoms with van der Waals surface area (Å²) in [6.07, 6.45) is 2.99. The van der Waals surface area contributed by atoms with E-state index in [0.29, 0.717) is 17.1 Å². The van der Waals surface area contributed by atoms with Gasteiger partial charge in [0, 0.05) is 11.2 Å². The molecule has 2 aromatic carbocycles. The van der Waals surface area contributed by atoms with Gasteiger partial charge in [0.25, 0.3) is 11.5 Å². The van der Waals surface area contributed by atoms with Gasteiger partial charge in [-0.15, -0.1) is 0 Å². The Morgan fingerprint density at radius 2 is 1.96 bits per heavy atom. The van der Waals surface area contributed by atoms with Gasteiger partial charge in [0.1, 0.15) is 11.3 Å². The monoisotopic (exact) mass is 381 g/mol. The quantitative estimate of drug-likeness (QED) is 0.526. The molecule has 1 heterocycles. The molecule has 0 bridgehead atoms. The van der Waals surface area contributed by atoms with E-state index in [4.69, 9.17) is 11.6 Å². The summed E-state index contributed by atoms with van der Waals surface area (Å²) in [4.78, 5) is 24.8. The first-order chi connectivity index (χ1) is 13.0. The van der Waals surface area contributed by atoms with Crippen LogP contribution in [0.1, 0.15) is 21.5 Å². The van der Waals surface area contributed by atoms with Crippen LogP contribution in [-0.2, 0) is 6.54 Å². The molecule has 0 aliphatic heterocycles. The van der Waals surface area contributed by atoms with Gasteiger partial charge in [-0.2, -0.15) is 5.10 Å². The summed E-state index contributed by atoms with van der Waals surface area (Å²) in [5, 5.41) is 13.8. The Kier molecular flexibility index (Phi) is 5.68. The minimum atomic E-state index is -0.614. The van der Waals surface area contributed by atoms with Crippen molar-refractivity contribution >= 4 is 23.7 Å². The number of hydrazone groups is 1. The zero-order valence-corrected chi connectivity index (χ0v) is 14.9. The number of nitrogens with one attached hydrogen (secondary N) is 1. The smallest absolute Gasteiger partial charge is 0.276 e. The van der Waals surface area contributed by atoms with Crippen molar-refractivity contribution in [2.75, 3.05) is 0 Å². The second-order valence-electron chi connectivity index (χ2n) is 5.78. The van der Waals surface area contributed by atoms with Crippen molar-refractivity contribution in [3.05, 3.63) is 98.9 Å². The van der Waals surface area contributed by atoms with Gasteiger partial charge < -0.3 is 9.67 Å². The molecule has 3 aromatic rings. The number of carbonyl (C=O) groups excluding carboxylic acids is 1. The Labute approximate surface area is 160 Å². The lowest BCUT2D eigenvalue weighted by Crippen LogP contribution is -2.30. The van der Waals surface area contributed by atoms with Gasteiger partial charge in [-0.1, -0.05) is 35.9 Å². The van der Waals surface area contributed by atoms with Crippen LogP contribution in [0.5, 0.6) is 5.75 Å². The van der Waals surface area contributed by atoms with Crippen LogP contribution >= 0.6 is 11.6 Å². The van der Waals surface area contributed by atoms with Crippen molar-refractivity contribution in [1.29, 1.82) is 0 Å². The third kappa shape index (κ3) is 4.83. The first-order valence-corrected chi connectivity index (χ1v) is 8.47. The SMILES string of the molecule is O=C(N/N=C\c1cccc(O)c1)c1cccn(Cc2cccc(Cl)c2)c1=O. The summed E-state index contributed by atoms with van der Waals surface area (Å²) in [6.45, 7) is 0.299. The minimum Gasteiger partial charge on any atom is -0.508 e. The van der Waals surface area contributed by atoms with E-state index >= 15 is 0 Å². The average Bonchev–Trinajstić information content (AvgIpc) is 2.63. The molecule has 0 aliphatic rings. The average molecular weight is 382 g/mol. The number of hydrogen-bond acceptors (Lipinski definition) is 4. The second kappa shape index (κ2) is 8.33. The van der Waals surface area contributed by atoms with Crippen LogP contribution in [0.2, 0.25) is 5.02 Å². The molecule has 6 nitrogen and oxygen atoms in total. The van der Waals surface area contributed by atoms with Crippen molar-refractivity contribution in [3.63, 3.8) is 0 Å². The standard InChI is InChI=1S/C20H16ClN3O3/c21-16-6-1-5-15(10-16)13-24-9-3-8-18(20(24)27)19(26)23-22-12-14-4-2-7-17(25)11-14/h1-12,25H,13H2,(H,23,26)/b22-12-. The Morgan fingerprint density at radius 3 is 2.74 bits per heavy atom. The zero-order valence-electron chi connectivity index (χ0n) is 14.2. The Morgan fingerprint density at radius 1 is 1.15 bits per heavy atom. The van der Waals surface area contributed by atoms with Crippen LogP contribution in [0.3, 0.4) is 0 Å². The van der Waals surface area contributed by atoms with Gasteiger partial charge in [0.2, 0.25) is 0 Å². The van der Waals surface area contributed by atoms with E-state index < -0.39 is 11.5 Å². The maximum atomic E-state index is 12.6. The van der Waals surface area contributed by atoms with E-state index in [2.05, 4.69) is 10.5 Å². The highest BCUT2D eigenvalue weighted by Crippen LogP contribution is 2.11. The second-order valence-corrected chi connectivity index (χ2v) is 6.22. The predicted molar refractivity (Wildman–Crippen MR) is 104 cm³/mol. The molecule has 0 saturated carbocycles. The van der Waals surface area contributed by atoms with Gasteiger partial charge in [0.05, 0.1) is 12.8 Å². The molecule has 3 rings (SSSR count). The number of hydrogen-bond donors (Lipinski definition) is 2. The molecule has 0 atom stereocenters. The maximum absolute atomic E-state index is 12.6. The number of phenolic OH excluding ortho intramolecular Hbond substituents is 1. The van der Waals surface area contributed by atoms with Crippen molar-refractivity contribution in [2.24, 2.45) is 5.10 Å². The highest BCUT2D eigenvalue weighted by atomic mass is 35.5. The van der Waals surface area contributed by atoms with Crippen LogP contribution in [0.25, 0.3) is 0 Å². The van der Waals surface area contributed by atoms with E-state index in [1.165, 1.54) is 29.0 Å². The topological polar surface area (TPSA) is 83.7 Å². The van der Waals surface area contributed by atoms with Crippen molar-refractivity contribution in [3.8, 4) is 5.75 Å². The predicted octanol–water partition coefficient (Wildman–Crippen LogP) is 3.02. The van der Waals surface area contributed by atoms with Crippen molar-refractivity contribution < 1.29 is 9.90 Å². The van der Waals surface area contributed by atoms with Crippen LogP contribution in [-0.4, -0.2) is 21.8 Å². The van der Waals surface area contributed by atoms with Gasteiger partial charge in [0.15, 0.2) is 0 Å². The molecular weight excluding hydrogens is 366 g/mol. The normalized spacial score (nSPS) is 10.9. The Hall–Kier alpha value is -3.38. The van der Waals surface area contributed by atoms with E-state index in [1.54, 1.807) is 42.6 Å². The lowest BCUT2D eigenvalue weighted by atomic mass is 10.2. The summed E-state index contributed by atoms with van der Waals surface area (Å²) in [5.41, 5.74) is 3.34. The van der Waals surface area contributed by atoms with E-state index in [9.17, 15) is 14.7 Å². The van der Waals surface area contributed by atoms with E-state index in [-0.39, 0.29) is 11.3 Å². The third-order valence-electron chi connectivity index (χ3n) is 3.76. The number of pyridine rings is 1. The molecular formula is C20H16ClN3O3. The molecule has 0 spiro atoms. The number of amides is 1. The number of aromatic nitrogens is 1. The van der Waals surface area contributed by atoms with Gasteiger partial charge in [-0.3, -0.25) is 9.59 Å². The van der Waals surface area contributed by atoms with Crippen LogP contribution in [0.15, 0.2) is 76.8 Å². The fraction of sp³-hybridized carbons (Fsp3) is 0.0500. The molecule has 1 amide bonds. The number of aromatic hydroxyl groups is 1. The zero-order chi connectivity index (χ0) is 19.2. The molecule has 0 saturated heterocycles. The van der Waals surface area contributed by atoms with Crippen LogP contribution in [0, 0.1) is 0 Å². The van der Waals surface area contributed by atoms with Crippen molar-refractivity contribution in [2.45, 2.75) is 6.54 Å². The number of phenols is 1. The molecule has 1 aromatic heterocycles. The molecule has 0 unspecified atom stereocenters. The molecule has 0 radical (unpaired) electrons. The summed E-state index contributed by atoms with van der Waals surface area (Å²) in [6, 6.07) is 16.6. The molecule has 2 N–H and O–H groups in total. The highest BCUT2D eigenvalue weighted by Gasteiger charge is 2.11. The summed E-state index contributed by atoms with van der Waals surface area (Å²) in [5.74, 6) is -0.519. The van der Waals surface area contributed by atoms with Gasteiger partial charge >= 0.3 is 0 Å². The summed E-state index contributed by atoms with van der Waals surface area (Å²) >= 11 is 5.97. The number of rotatable bonds is 5. The van der Waals surface area contributed by atoms with E-state index in [0.717, 1.165) is 5.56 Å². The Balaban J connectivity index is 1.74.